The molecule has 0 bridgehead atoms. The molecule has 1 heterocycles. The summed E-state index contributed by atoms with van der Waals surface area (Å²) in [6, 6.07) is 16.2. The van der Waals surface area contributed by atoms with Crippen LogP contribution in [0.5, 0.6) is 0 Å². The summed E-state index contributed by atoms with van der Waals surface area (Å²) in [5.74, 6) is -0.372. The fourth-order valence-electron chi connectivity index (χ4n) is 2.55. The first kappa shape index (κ1) is 19.2. The second-order valence-electron chi connectivity index (χ2n) is 5.83. The first-order chi connectivity index (χ1) is 13.1. The highest BCUT2D eigenvalue weighted by atomic mass is 35.5. The Bertz CT molecular complexity index is 869. The highest BCUT2D eigenvalue weighted by molar-refractivity contribution is 8.15. The van der Waals surface area contributed by atoms with Gasteiger partial charge in [0.1, 0.15) is 5.25 Å². The predicted molar refractivity (Wildman–Crippen MR) is 112 cm³/mol. The molecule has 1 N–H and O–H groups in total. The molecule has 1 aliphatic rings. The topological polar surface area (TPSA) is 61.8 Å². The van der Waals surface area contributed by atoms with Crippen molar-refractivity contribution in [3.05, 3.63) is 72.3 Å². The SMILES string of the molecule is C=CCN1C(=O)[C@H](CC(=O)Nc2ccc(Cl)cc2)SC1=Nc1ccccc1. The van der Waals surface area contributed by atoms with E-state index in [4.69, 9.17) is 11.6 Å². The molecular formula is C20H18ClN3O2S. The van der Waals surface area contributed by atoms with Gasteiger partial charge in [0.2, 0.25) is 11.8 Å². The lowest BCUT2D eigenvalue weighted by Gasteiger charge is -2.13. The maximum Gasteiger partial charge on any atom is 0.242 e. The summed E-state index contributed by atoms with van der Waals surface area (Å²) < 4.78 is 0. The zero-order valence-electron chi connectivity index (χ0n) is 14.5. The lowest BCUT2D eigenvalue weighted by molar-refractivity contribution is -0.127. The van der Waals surface area contributed by atoms with E-state index in [1.807, 2.05) is 30.3 Å². The summed E-state index contributed by atoms with van der Waals surface area (Å²) in [5.41, 5.74) is 1.40. The molecule has 138 valence electrons. The molecule has 2 aromatic carbocycles. The average molecular weight is 400 g/mol. The quantitative estimate of drug-likeness (QED) is 0.728. The maximum absolute atomic E-state index is 12.7. The molecule has 2 amide bonds. The van der Waals surface area contributed by atoms with Crippen LogP contribution >= 0.6 is 23.4 Å². The molecule has 2 aromatic rings. The molecule has 0 spiro atoms. The first-order valence-electron chi connectivity index (χ1n) is 8.35. The summed E-state index contributed by atoms with van der Waals surface area (Å²) >= 11 is 7.15. The summed E-state index contributed by atoms with van der Waals surface area (Å²) in [6.07, 6.45) is 1.71. The Morgan fingerprint density at radius 1 is 1.22 bits per heavy atom. The number of hydrogen-bond acceptors (Lipinski definition) is 4. The van der Waals surface area contributed by atoms with Crippen LogP contribution in [0.4, 0.5) is 11.4 Å². The molecule has 1 atom stereocenters. The molecule has 7 heteroatoms. The minimum absolute atomic E-state index is 0.0631. The number of rotatable bonds is 6. The van der Waals surface area contributed by atoms with Crippen molar-refractivity contribution < 1.29 is 9.59 Å². The number of amides is 2. The molecule has 1 saturated heterocycles. The Hall–Kier alpha value is -2.57. The third kappa shape index (κ3) is 4.99. The van der Waals surface area contributed by atoms with Gasteiger partial charge in [-0.15, -0.1) is 6.58 Å². The van der Waals surface area contributed by atoms with E-state index in [0.29, 0.717) is 22.4 Å². The number of thioether (sulfide) groups is 1. The largest absolute Gasteiger partial charge is 0.326 e. The predicted octanol–water partition coefficient (Wildman–Crippen LogP) is 4.49. The van der Waals surface area contributed by atoms with Gasteiger partial charge in [0.05, 0.1) is 5.69 Å². The molecular weight excluding hydrogens is 382 g/mol. The van der Waals surface area contributed by atoms with Crippen LogP contribution in [0, 0.1) is 0 Å². The summed E-state index contributed by atoms with van der Waals surface area (Å²) in [4.78, 5) is 31.2. The van der Waals surface area contributed by atoms with Crippen LogP contribution in [-0.4, -0.2) is 33.7 Å². The number of para-hydroxylation sites is 1. The van der Waals surface area contributed by atoms with Gasteiger partial charge in [-0.2, -0.15) is 0 Å². The second kappa shape index (κ2) is 8.88. The van der Waals surface area contributed by atoms with Gasteiger partial charge in [0.15, 0.2) is 5.17 Å². The maximum atomic E-state index is 12.7. The highest BCUT2D eigenvalue weighted by Crippen LogP contribution is 2.31. The standard InChI is InChI=1S/C20H18ClN3O2S/c1-2-12-24-19(26)17(27-20(24)23-15-6-4-3-5-7-15)13-18(25)22-16-10-8-14(21)9-11-16/h2-11,17H,1,12-13H2,(H,22,25)/t17-/m0/s1. The van der Waals surface area contributed by atoms with Gasteiger partial charge in [0.25, 0.3) is 0 Å². The third-order valence-electron chi connectivity index (χ3n) is 3.81. The number of nitrogens with zero attached hydrogens (tertiary/aromatic N) is 2. The number of amidine groups is 1. The lowest BCUT2D eigenvalue weighted by Crippen LogP contribution is -2.33. The van der Waals surface area contributed by atoms with E-state index < -0.39 is 5.25 Å². The molecule has 1 fully saturated rings. The van der Waals surface area contributed by atoms with Gasteiger partial charge in [-0.3, -0.25) is 14.5 Å². The molecule has 5 nitrogen and oxygen atoms in total. The molecule has 27 heavy (non-hydrogen) atoms. The van der Waals surface area contributed by atoms with Gasteiger partial charge in [0, 0.05) is 23.7 Å². The number of hydrogen-bond donors (Lipinski definition) is 1. The van der Waals surface area contributed by atoms with Crippen LogP contribution in [0.3, 0.4) is 0 Å². The molecule has 0 saturated carbocycles. The van der Waals surface area contributed by atoms with Crippen molar-refractivity contribution >= 4 is 51.7 Å². The van der Waals surface area contributed by atoms with Gasteiger partial charge in [-0.1, -0.05) is 47.6 Å². The van der Waals surface area contributed by atoms with Gasteiger partial charge in [-0.25, -0.2) is 4.99 Å². The monoisotopic (exact) mass is 399 g/mol. The van der Waals surface area contributed by atoms with E-state index >= 15 is 0 Å². The minimum atomic E-state index is -0.514. The molecule has 0 unspecified atom stereocenters. The van der Waals surface area contributed by atoms with Crippen LogP contribution in [0.25, 0.3) is 0 Å². The van der Waals surface area contributed by atoms with Crippen LogP contribution in [0.2, 0.25) is 5.02 Å². The van der Waals surface area contributed by atoms with E-state index in [9.17, 15) is 9.59 Å². The summed E-state index contributed by atoms with van der Waals surface area (Å²) in [5, 5.41) is 3.45. The normalized spacial score (nSPS) is 18.0. The van der Waals surface area contributed by atoms with Crippen LogP contribution in [0.15, 0.2) is 72.2 Å². The van der Waals surface area contributed by atoms with Crippen molar-refractivity contribution in [2.45, 2.75) is 11.7 Å². The van der Waals surface area contributed by atoms with Crippen molar-refractivity contribution in [1.29, 1.82) is 0 Å². The number of benzene rings is 2. The zero-order chi connectivity index (χ0) is 19.2. The van der Waals surface area contributed by atoms with Crippen molar-refractivity contribution in [2.75, 3.05) is 11.9 Å². The third-order valence-corrected chi connectivity index (χ3v) is 5.24. The van der Waals surface area contributed by atoms with E-state index in [1.165, 1.54) is 11.8 Å². The van der Waals surface area contributed by atoms with E-state index in [0.717, 1.165) is 5.69 Å². The van der Waals surface area contributed by atoms with Crippen molar-refractivity contribution in [1.82, 2.24) is 4.90 Å². The highest BCUT2D eigenvalue weighted by Gasteiger charge is 2.38. The number of carbonyl (C=O) groups is 2. The van der Waals surface area contributed by atoms with Gasteiger partial charge < -0.3 is 5.32 Å². The van der Waals surface area contributed by atoms with Gasteiger partial charge in [-0.05, 0) is 36.4 Å². The Balaban J connectivity index is 1.71. The Morgan fingerprint density at radius 3 is 2.59 bits per heavy atom. The van der Waals surface area contributed by atoms with E-state index in [1.54, 1.807) is 35.2 Å². The van der Waals surface area contributed by atoms with Crippen LogP contribution < -0.4 is 5.32 Å². The van der Waals surface area contributed by atoms with Crippen molar-refractivity contribution in [2.24, 2.45) is 4.99 Å². The Kier molecular flexibility index (Phi) is 6.32. The number of aliphatic imine (C=N–C) groups is 1. The number of nitrogens with one attached hydrogen (secondary N) is 1. The number of anilines is 1. The molecule has 1 aliphatic heterocycles. The molecule has 3 rings (SSSR count). The lowest BCUT2D eigenvalue weighted by atomic mass is 10.2. The van der Waals surface area contributed by atoms with E-state index in [2.05, 4.69) is 16.9 Å². The summed E-state index contributed by atoms with van der Waals surface area (Å²) in [6.45, 7) is 4.05. The molecule has 0 aliphatic carbocycles. The molecule has 0 aromatic heterocycles. The fourth-order valence-corrected chi connectivity index (χ4v) is 3.84. The average Bonchev–Trinajstić information content (AvgIpc) is 2.93. The van der Waals surface area contributed by atoms with Crippen molar-refractivity contribution in [3.63, 3.8) is 0 Å². The molecule has 0 radical (unpaired) electrons. The van der Waals surface area contributed by atoms with Crippen LogP contribution in [0.1, 0.15) is 6.42 Å². The Morgan fingerprint density at radius 2 is 1.93 bits per heavy atom. The minimum Gasteiger partial charge on any atom is -0.326 e. The van der Waals surface area contributed by atoms with Crippen molar-refractivity contribution in [3.8, 4) is 0 Å². The van der Waals surface area contributed by atoms with E-state index in [-0.39, 0.29) is 18.2 Å². The van der Waals surface area contributed by atoms with Crippen LogP contribution in [-0.2, 0) is 9.59 Å². The summed E-state index contributed by atoms with van der Waals surface area (Å²) in [7, 11) is 0. The first-order valence-corrected chi connectivity index (χ1v) is 9.60. The Labute approximate surface area is 167 Å². The number of halogens is 1. The zero-order valence-corrected chi connectivity index (χ0v) is 16.0. The fraction of sp³-hybridized carbons (Fsp3) is 0.150. The smallest absolute Gasteiger partial charge is 0.242 e. The number of carbonyl (C=O) groups excluding carboxylic acids is 2. The van der Waals surface area contributed by atoms with Gasteiger partial charge >= 0.3 is 0 Å². The second-order valence-corrected chi connectivity index (χ2v) is 7.44.